The molecule has 2 saturated heterocycles. The Bertz CT molecular complexity index is 922. The van der Waals surface area contributed by atoms with Crippen molar-refractivity contribution in [2.24, 2.45) is 0 Å². The number of aromatic nitrogens is 2. The predicted molar refractivity (Wildman–Crippen MR) is 99.0 cm³/mol. The Hall–Kier alpha value is -2.58. The third-order valence-corrected chi connectivity index (χ3v) is 5.22. The zero-order chi connectivity index (χ0) is 19.7. The number of carbonyl (C=O) groups is 1. The monoisotopic (exact) mass is 387 g/mol. The van der Waals surface area contributed by atoms with E-state index in [0.29, 0.717) is 32.0 Å². The zero-order valence-electron chi connectivity index (χ0n) is 15.6. The third-order valence-electron chi connectivity index (χ3n) is 5.22. The van der Waals surface area contributed by atoms with Crippen molar-refractivity contribution >= 4 is 5.91 Å². The SMILES string of the molecule is CC[C@H]1CN(C(=O)c2ccc(=O)n(-c3ccc(F)cc3)n2)C[C@@]2(CCOC2)O1. The quantitative estimate of drug-likeness (QED) is 0.803. The lowest BCUT2D eigenvalue weighted by molar-refractivity contribution is -0.145. The lowest BCUT2D eigenvalue weighted by Crippen LogP contribution is -2.57. The largest absolute Gasteiger partial charge is 0.378 e. The van der Waals surface area contributed by atoms with E-state index < -0.39 is 17.0 Å². The van der Waals surface area contributed by atoms with Gasteiger partial charge in [-0.2, -0.15) is 9.78 Å². The first-order valence-electron chi connectivity index (χ1n) is 9.41. The van der Waals surface area contributed by atoms with Gasteiger partial charge in [-0.05, 0) is 36.8 Å². The summed E-state index contributed by atoms with van der Waals surface area (Å²) in [6.45, 7) is 4.01. The molecule has 148 valence electrons. The number of rotatable bonds is 3. The van der Waals surface area contributed by atoms with Crippen molar-refractivity contribution in [2.45, 2.75) is 31.5 Å². The molecule has 0 N–H and O–H groups in total. The predicted octanol–water partition coefficient (Wildman–Crippen LogP) is 1.78. The molecule has 0 bridgehead atoms. The molecule has 0 saturated carbocycles. The smallest absolute Gasteiger partial charge is 0.274 e. The number of halogens is 1. The Morgan fingerprint density at radius 3 is 2.75 bits per heavy atom. The van der Waals surface area contributed by atoms with Gasteiger partial charge in [0.1, 0.15) is 17.1 Å². The van der Waals surface area contributed by atoms with Gasteiger partial charge in [-0.15, -0.1) is 0 Å². The Kier molecular flexibility index (Phi) is 4.99. The zero-order valence-corrected chi connectivity index (χ0v) is 15.6. The minimum absolute atomic E-state index is 0.0672. The number of hydrogen-bond donors (Lipinski definition) is 0. The Morgan fingerprint density at radius 2 is 2.07 bits per heavy atom. The molecule has 1 amide bonds. The molecule has 4 rings (SSSR count). The molecule has 2 fully saturated rings. The van der Waals surface area contributed by atoms with Crippen LogP contribution in [0.15, 0.2) is 41.2 Å². The van der Waals surface area contributed by atoms with Gasteiger partial charge in [0.25, 0.3) is 11.5 Å². The van der Waals surface area contributed by atoms with E-state index in [2.05, 4.69) is 5.10 Å². The molecule has 2 aliphatic rings. The van der Waals surface area contributed by atoms with E-state index in [4.69, 9.17) is 9.47 Å². The molecule has 1 spiro atoms. The van der Waals surface area contributed by atoms with Crippen LogP contribution < -0.4 is 5.56 Å². The summed E-state index contributed by atoms with van der Waals surface area (Å²) in [6.07, 6.45) is 1.46. The Morgan fingerprint density at radius 1 is 1.29 bits per heavy atom. The molecule has 2 aliphatic heterocycles. The third kappa shape index (κ3) is 3.57. The molecule has 8 heteroatoms. The number of hydrogen-bond acceptors (Lipinski definition) is 5. The topological polar surface area (TPSA) is 73.7 Å². The normalized spacial score (nSPS) is 24.6. The minimum atomic E-state index is -0.472. The number of carbonyl (C=O) groups excluding carboxylic acids is 1. The van der Waals surface area contributed by atoms with Crippen LogP contribution in [0.1, 0.15) is 30.3 Å². The fourth-order valence-electron chi connectivity index (χ4n) is 3.71. The van der Waals surface area contributed by atoms with E-state index in [1.165, 1.54) is 36.4 Å². The van der Waals surface area contributed by atoms with Crippen LogP contribution in [0.4, 0.5) is 4.39 Å². The van der Waals surface area contributed by atoms with Gasteiger partial charge in [-0.3, -0.25) is 9.59 Å². The molecule has 0 aliphatic carbocycles. The molecule has 2 atom stereocenters. The first-order chi connectivity index (χ1) is 13.5. The van der Waals surface area contributed by atoms with Gasteiger partial charge in [-0.25, -0.2) is 4.39 Å². The average Bonchev–Trinajstić information content (AvgIpc) is 3.15. The summed E-state index contributed by atoms with van der Waals surface area (Å²) >= 11 is 0. The van der Waals surface area contributed by atoms with Gasteiger partial charge in [0.05, 0.1) is 24.9 Å². The van der Waals surface area contributed by atoms with Gasteiger partial charge in [-0.1, -0.05) is 6.92 Å². The van der Waals surface area contributed by atoms with Crippen molar-refractivity contribution in [3.63, 3.8) is 0 Å². The molecule has 1 aromatic carbocycles. The van der Waals surface area contributed by atoms with E-state index in [9.17, 15) is 14.0 Å². The molecule has 0 radical (unpaired) electrons. The number of ether oxygens (including phenoxy) is 2. The standard InChI is InChI=1S/C20H22FN3O4/c1-2-16-11-23(12-20(28-16)9-10-27-13-20)19(26)17-7-8-18(25)24(22-17)15-5-3-14(21)4-6-15/h3-8,16H,2,9-13H2,1H3/t16-,20+/m0/s1. The molecule has 0 unspecified atom stereocenters. The molecule has 3 heterocycles. The molecule has 7 nitrogen and oxygen atoms in total. The van der Waals surface area contributed by atoms with E-state index in [0.717, 1.165) is 17.5 Å². The summed E-state index contributed by atoms with van der Waals surface area (Å²) in [4.78, 5) is 27.1. The van der Waals surface area contributed by atoms with Gasteiger partial charge in [0, 0.05) is 25.6 Å². The van der Waals surface area contributed by atoms with Crippen LogP contribution in [0.3, 0.4) is 0 Å². The van der Waals surface area contributed by atoms with Gasteiger partial charge in [0.2, 0.25) is 0 Å². The van der Waals surface area contributed by atoms with Crippen LogP contribution in [-0.2, 0) is 9.47 Å². The summed E-state index contributed by atoms with van der Waals surface area (Å²) < 4.78 is 26.0. The molecular weight excluding hydrogens is 365 g/mol. The maximum Gasteiger partial charge on any atom is 0.274 e. The van der Waals surface area contributed by atoms with Gasteiger partial charge >= 0.3 is 0 Å². The molecule has 2 aromatic rings. The van der Waals surface area contributed by atoms with Crippen molar-refractivity contribution in [2.75, 3.05) is 26.3 Å². The number of amides is 1. The van der Waals surface area contributed by atoms with E-state index in [-0.39, 0.29) is 17.7 Å². The summed E-state index contributed by atoms with van der Waals surface area (Å²) in [7, 11) is 0. The average molecular weight is 387 g/mol. The second-order valence-electron chi connectivity index (χ2n) is 7.26. The van der Waals surface area contributed by atoms with Gasteiger partial charge in [0.15, 0.2) is 0 Å². The van der Waals surface area contributed by atoms with E-state index >= 15 is 0 Å². The van der Waals surface area contributed by atoms with Crippen molar-refractivity contribution in [3.8, 4) is 5.69 Å². The fourth-order valence-corrected chi connectivity index (χ4v) is 3.71. The van der Waals surface area contributed by atoms with Crippen LogP contribution in [0.5, 0.6) is 0 Å². The number of nitrogens with zero attached hydrogens (tertiary/aromatic N) is 3. The van der Waals surface area contributed by atoms with E-state index in [1.54, 1.807) is 4.90 Å². The highest BCUT2D eigenvalue weighted by molar-refractivity contribution is 5.92. The van der Waals surface area contributed by atoms with Crippen LogP contribution in [0.25, 0.3) is 5.69 Å². The maximum atomic E-state index is 13.2. The first-order valence-corrected chi connectivity index (χ1v) is 9.41. The number of benzene rings is 1. The summed E-state index contributed by atoms with van der Waals surface area (Å²) in [5, 5.41) is 4.23. The van der Waals surface area contributed by atoms with Crippen LogP contribution in [0.2, 0.25) is 0 Å². The highest BCUT2D eigenvalue weighted by Gasteiger charge is 2.45. The molecule has 1 aromatic heterocycles. The summed E-state index contributed by atoms with van der Waals surface area (Å²) in [5.74, 6) is -0.670. The minimum Gasteiger partial charge on any atom is -0.378 e. The summed E-state index contributed by atoms with van der Waals surface area (Å²) in [5.41, 5.74) is -0.304. The van der Waals surface area contributed by atoms with Crippen molar-refractivity contribution < 1.29 is 18.7 Å². The lowest BCUT2D eigenvalue weighted by Gasteiger charge is -2.43. The van der Waals surface area contributed by atoms with Crippen molar-refractivity contribution in [1.29, 1.82) is 0 Å². The fraction of sp³-hybridized carbons (Fsp3) is 0.450. The Labute approximate surface area is 161 Å². The van der Waals surface area contributed by atoms with Crippen molar-refractivity contribution in [3.05, 3.63) is 58.3 Å². The van der Waals surface area contributed by atoms with Crippen LogP contribution in [0, 0.1) is 5.82 Å². The highest BCUT2D eigenvalue weighted by Crippen LogP contribution is 2.31. The Balaban J connectivity index is 1.63. The molecular formula is C20H22FN3O4. The van der Waals surface area contributed by atoms with Gasteiger partial charge < -0.3 is 14.4 Å². The van der Waals surface area contributed by atoms with Crippen LogP contribution in [-0.4, -0.2) is 58.6 Å². The highest BCUT2D eigenvalue weighted by atomic mass is 19.1. The summed E-state index contributed by atoms with van der Waals surface area (Å²) in [6, 6.07) is 8.12. The second kappa shape index (κ2) is 7.44. The molecule has 28 heavy (non-hydrogen) atoms. The maximum absolute atomic E-state index is 13.2. The van der Waals surface area contributed by atoms with E-state index in [1.807, 2.05) is 6.92 Å². The van der Waals surface area contributed by atoms with Crippen LogP contribution >= 0.6 is 0 Å². The number of morpholine rings is 1. The van der Waals surface area contributed by atoms with Crippen molar-refractivity contribution in [1.82, 2.24) is 14.7 Å². The first kappa shape index (κ1) is 18.8. The second-order valence-corrected chi connectivity index (χ2v) is 7.26. The lowest BCUT2D eigenvalue weighted by atomic mass is 9.98.